The molecule has 1 aromatic rings. The monoisotopic (exact) mass is 193 g/mol. The Morgan fingerprint density at radius 3 is 3.00 bits per heavy atom. The average molecular weight is 193 g/mol. The van der Waals surface area contributed by atoms with E-state index in [-0.39, 0.29) is 12.1 Å². The largest absolute Gasteiger partial charge is 0.465 e. The molecule has 0 atom stereocenters. The third-order valence-electron chi connectivity index (χ3n) is 2.58. The van der Waals surface area contributed by atoms with E-state index < -0.39 is 0 Å². The molecule has 1 heterocycles. The van der Waals surface area contributed by atoms with E-state index in [1.165, 1.54) is 0 Å². The minimum atomic E-state index is 0.0213. The van der Waals surface area contributed by atoms with Crippen LogP contribution in [0, 0.1) is 0 Å². The van der Waals surface area contributed by atoms with Gasteiger partial charge < -0.3 is 14.8 Å². The predicted octanol–water partition coefficient (Wildman–Crippen LogP) is 1.41. The number of aliphatic hydroxyl groups is 1. The lowest BCUT2D eigenvalue weighted by molar-refractivity contribution is 0.234. The van der Waals surface area contributed by atoms with Gasteiger partial charge in [-0.1, -0.05) is 6.08 Å². The molecule has 0 aromatic carbocycles. The van der Waals surface area contributed by atoms with Gasteiger partial charge in [0, 0.05) is 12.1 Å². The van der Waals surface area contributed by atoms with Crippen molar-refractivity contribution >= 4 is 6.08 Å². The Morgan fingerprint density at radius 1 is 1.57 bits per heavy atom. The molecule has 0 unspecified atom stereocenters. The number of rotatable bonds is 5. The second-order valence-corrected chi connectivity index (χ2v) is 3.74. The minimum Gasteiger partial charge on any atom is -0.465 e. The Morgan fingerprint density at radius 2 is 2.43 bits per heavy atom. The fraction of sp³-hybridized carbons (Fsp3) is 0.455. The van der Waals surface area contributed by atoms with E-state index in [0.717, 1.165) is 25.1 Å². The Bertz CT molecular complexity index is 299. The van der Waals surface area contributed by atoms with Crippen molar-refractivity contribution in [1.29, 1.82) is 0 Å². The van der Waals surface area contributed by atoms with Gasteiger partial charge in [-0.05, 0) is 31.1 Å². The molecule has 1 aromatic heterocycles. The Hall–Kier alpha value is -1.06. The highest BCUT2D eigenvalue weighted by atomic mass is 16.3. The Labute approximate surface area is 83.4 Å². The van der Waals surface area contributed by atoms with Crippen molar-refractivity contribution in [2.24, 2.45) is 0 Å². The van der Waals surface area contributed by atoms with E-state index in [0.29, 0.717) is 0 Å². The molecule has 0 radical (unpaired) electrons. The maximum Gasteiger partial charge on any atom is 0.126 e. The molecule has 3 nitrogen and oxygen atoms in total. The van der Waals surface area contributed by atoms with Gasteiger partial charge in [-0.15, -0.1) is 0 Å². The summed E-state index contributed by atoms with van der Waals surface area (Å²) in [6.45, 7) is 1.02. The molecule has 1 fully saturated rings. The van der Waals surface area contributed by atoms with Crippen LogP contribution < -0.4 is 5.32 Å². The lowest BCUT2D eigenvalue weighted by Crippen LogP contribution is -2.34. The number of nitrogens with one attached hydrogen (secondary N) is 1. The highest BCUT2D eigenvalue weighted by molar-refractivity contribution is 5.42. The molecular formula is C11H15NO2. The molecule has 0 amide bonds. The topological polar surface area (TPSA) is 45.4 Å². The van der Waals surface area contributed by atoms with Crippen LogP contribution in [0.3, 0.4) is 0 Å². The van der Waals surface area contributed by atoms with Gasteiger partial charge in [0.2, 0.25) is 0 Å². The van der Waals surface area contributed by atoms with Crippen LogP contribution in [0.5, 0.6) is 0 Å². The van der Waals surface area contributed by atoms with E-state index in [4.69, 9.17) is 9.52 Å². The first-order chi connectivity index (χ1) is 6.85. The van der Waals surface area contributed by atoms with Crippen LogP contribution in [-0.2, 0) is 0 Å². The standard InChI is InChI=1S/C11H15NO2/c13-9-11(5-6-11)12-7-1-3-10-4-2-8-14-10/h1-4,8,12-13H,5-7,9H2/b3-1+. The van der Waals surface area contributed by atoms with Gasteiger partial charge in [0.25, 0.3) is 0 Å². The lowest BCUT2D eigenvalue weighted by atomic mass is 10.3. The molecule has 0 aliphatic heterocycles. The summed E-state index contributed by atoms with van der Waals surface area (Å²) in [5.74, 6) is 0.862. The van der Waals surface area contributed by atoms with Gasteiger partial charge >= 0.3 is 0 Å². The predicted molar refractivity (Wildman–Crippen MR) is 54.8 cm³/mol. The molecule has 3 heteroatoms. The van der Waals surface area contributed by atoms with Gasteiger partial charge in [0.1, 0.15) is 5.76 Å². The molecular weight excluding hydrogens is 178 g/mol. The maximum atomic E-state index is 9.03. The Kier molecular flexibility index (Phi) is 2.70. The second-order valence-electron chi connectivity index (χ2n) is 3.74. The average Bonchev–Trinajstić information content (AvgIpc) is 2.81. The van der Waals surface area contributed by atoms with Crippen molar-refractivity contribution < 1.29 is 9.52 Å². The van der Waals surface area contributed by atoms with Crippen LogP contribution in [0.25, 0.3) is 6.08 Å². The van der Waals surface area contributed by atoms with Crippen LogP contribution >= 0.6 is 0 Å². The first-order valence-corrected chi connectivity index (χ1v) is 4.91. The van der Waals surface area contributed by atoms with Crippen LogP contribution in [0.15, 0.2) is 28.9 Å². The summed E-state index contributed by atoms with van der Waals surface area (Å²) in [4.78, 5) is 0. The van der Waals surface area contributed by atoms with E-state index in [2.05, 4.69) is 5.32 Å². The molecule has 76 valence electrons. The molecule has 1 saturated carbocycles. The summed E-state index contributed by atoms with van der Waals surface area (Å²) in [5, 5.41) is 12.3. The van der Waals surface area contributed by atoms with Gasteiger partial charge in [0.15, 0.2) is 0 Å². The summed E-state index contributed by atoms with van der Waals surface area (Å²) in [6, 6.07) is 3.78. The van der Waals surface area contributed by atoms with E-state index >= 15 is 0 Å². The molecule has 0 spiro atoms. The van der Waals surface area contributed by atoms with Gasteiger partial charge in [-0.3, -0.25) is 0 Å². The molecule has 2 N–H and O–H groups in total. The van der Waals surface area contributed by atoms with E-state index in [1.54, 1.807) is 6.26 Å². The van der Waals surface area contributed by atoms with Crippen molar-refractivity contribution in [3.63, 3.8) is 0 Å². The maximum absolute atomic E-state index is 9.03. The summed E-state index contributed by atoms with van der Waals surface area (Å²) in [5.41, 5.74) is 0.0213. The van der Waals surface area contributed by atoms with Crippen LogP contribution in [0.2, 0.25) is 0 Å². The zero-order valence-electron chi connectivity index (χ0n) is 8.07. The third kappa shape index (κ3) is 2.25. The number of hydrogen-bond donors (Lipinski definition) is 2. The molecule has 0 bridgehead atoms. The fourth-order valence-corrected chi connectivity index (χ4v) is 1.38. The first-order valence-electron chi connectivity index (χ1n) is 4.91. The zero-order valence-corrected chi connectivity index (χ0v) is 8.07. The molecule has 14 heavy (non-hydrogen) atoms. The summed E-state index contributed by atoms with van der Waals surface area (Å²) >= 11 is 0. The minimum absolute atomic E-state index is 0.0213. The van der Waals surface area contributed by atoms with Crippen LogP contribution in [0.4, 0.5) is 0 Å². The van der Waals surface area contributed by atoms with Crippen LogP contribution in [-0.4, -0.2) is 23.8 Å². The SMILES string of the molecule is OCC1(NC/C=C/c2ccco2)CC1. The highest BCUT2D eigenvalue weighted by Crippen LogP contribution is 2.34. The highest BCUT2D eigenvalue weighted by Gasteiger charge is 2.40. The van der Waals surface area contributed by atoms with Crippen molar-refractivity contribution in [2.45, 2.75) is 18.4 Å². The van der Waals surface area contributed by atoms with Crippen molar-refractivity contribution in [3.05, 3.63) is 30.2 Å². The smallest absolute Gasteiger partial charge is 0.126 e. The van der Waals surface area contributed by atoms with Gasteiger partial charge in [-0.2, -0.15) is 0 Å². The Balaban J connectivity index is 1.73. The first kappa shape index (κ1) is 9.49. The number of aliphatic hydroxyl groups excluding tert-OH is 1. The molecule has 1 aliphatic rings. The molecule has 0 saturated heterocycles. The second kappa shape index (κ2) is 3.98. The summed E-state index contributed by atoms with van der Waals surface area (Å²) < 4.78 is 5.14. The van der Waals surface area contributed by atoms with E-state index in [9.17, 15) is 0 Å². The van der Waals surface area contributed by atoms with Crippen LogP contribution in [0.1, 0.15) is 18.6 Å². The summed E-state index contributed by atoms with van der Waals surface area (Å²) in [7, 11) is 0. The summed E-state index contributed by atoms with van der Waals surface area (Å²) in [6.07, 6.45) is 7.76. The quantitative estimate of drug-likeness (QED) is 0.743. The van der Waals surface area contributed by atoms with E-state index in [1.807, 2.05) is 24.3 Å². The molecule has 2 rings (SSSR count). The molecule has 1 aliphatic carbocycles. The van der Waals surface area contributed by atoms with Crippen molar-refractivity contribution in [1.82, 2.24) is 5.32 Å². The van der Waals surface area contributed by atoms with Gasteiger partial charge in [0.05, 0.1) is 12.9 Å². The number of furan rings is 1. The fourth-order valence-electron chi connectivity index (χ4n) is 1.38. The number of hydrogen-bond acceptors (Lipinski definition) is 3. The van der Waals surface area contributed by atoms with Crippen molar-refractivity contribution in [3.8, 4) is 0 Å². The zero-order chi connectivity index (χ0) is 9.86. The third-order valence-corrected chi connectivity index (χ3v) is 2.58. The van der Waals surface area contributed by atoms with Crippen molar-refractivity contribution in [2.75, 3.05) is 13.2 Å². The van der Waals surface area contributed by atoms with Gasteiger partial charge in [-0.25, -0.2) is 0 Å². The normalized spacial score (nSPS) is 18.9. The lowest BCUT2D eigenvalue weighted by Gasteiger charge is -2.11.